The lowest BCUT2D eigenvalue weighted by Gasteiger charge is -2.10. The first-order valence-electron chi connectivity index (χ1n) is 9.07. The number of halogens is 1. The highest BCUT2D eigenvalue weighted by Gasteiger charge is 2.08. The first-order valence-corrected chi connectivity index (χ1v) is 9.45. The van der Waals surface area contributed by atoms with Gasteiger partial charge in [-0.1, -0.05) is 29.3 Å². The zero-order valence-corrected chi connectivity index (χ0v) is 16.9. The first kappa shape index (κ1) is 20.4. The van der Waals surface area contributed by atoms with E-state index < -0.39 is 0 Å². The number of anilines is 2. The molecule has 3 aromatic carbocycles. The van der Waals surface area contributed by atoms with E-state index in [-0.39, 0.29) is 18.4 Å². The highest BCUT2D eigenvalue weighted by molar-refractivity contribution is 6.31. The maximum Gasteiger partial charge on any atom is 0.262 e. The van der Waals surface area contributed by atoms with Gasteiger partial charge in [0.25, 0.3) is 11.8 Å². The third-order valence-electron chi connectivity index (χ3n) is 4.21. The topological polar surface area (TPSA) is 67.4 Å². The molecule has 5 nitrogen and oxygen atoms in total. The number of ether oxygens (including phenoxy) is 1. The van der Waals surface area contributed by atoms with Crippen LogP contribution in [0, 0.1) is 13.8 Å². The van der Waals surface area contributed by atoms with E-state index in [9.17, 15) is 9.59 Å². The molecule has 0 radical (unpaired) electrons. The Hall–Kier alpha value is -3.31. The van der Waals surface area contributed by atoms with Crippen LogP contribution < -0.4 is 15.4 Å². The molecule has 148 valence electrons. The number of aryl methyl sites for hydroxylation is 2. The van der Waals surface area contributed by atoms with Gasteiger partial charge in [-0.3, -0.25) is 9.59 Å². The van der Waals surface area contributed by atoms with Crippen molar-refractivity contribution >= 4 is 34.8 Å². The summed E-state index contributed by atoms with van der Waals surface area (Å²) in [6.07, 6.45) is 0. The van der Waals surface area contributed by atoms with Crippen LogP contribution in [-0.2, 0) is 4.79 Å². The largest absolute Gasteiger partial charge is 0.484 e. The van der Waals surface area contributed by atoms with Crippen LogP contribution in [0.25, 0.3) is 0 Å². The van der Waals surface area contributed by atoms with Crippen molar-refractivity contribution in [1.82, 2.24) is 0 Å². The number of hydrogen-bond donors (Lipinski definition) is 2. The summed E-state index contributed by atoms with van der Waals surface area (Å²) in [5, 5.41) is 6.24. The van der Waals surface area contributed by atoms with E-state index in [4.69, 9.17) is 16.3 Å². The molecule has 3 aromatic rings. The summed E-state index contributed by atoms with van der Waals surface area (Å²) in [7, 11) is 0. The van der Waals surface area contributed by atoms with Gasteiger partial charge >= 0.3 is 0 Å². The molecule has 0 spiro atoms. The van der Waals surface area contributed by atoms with Crippen molar-refractivity contribution in [3.8, 4) is 5.75 Å². The van der Waals surface area contributed by atoms with Crippen molar-refractivity contribution in [1.29, 1.82) is 0 Å². The molecule has 0 aliphatic rings. The van der Waals surface area contributed by atoms with Gasteiger partial charge in [-0.25, -0.2) is 0 Å². The summed E-state index contributed by atoms with van der Waals surface area (Å²) in [4.78, 5) is 24.4. The number of nitrogens with one attached hydrogen (secondary N) is 2. The Bertz CT molecular complexity index is 1030. The van der Waals surface area contributed by atoms with Crippen LogP contribution >= 0.6 is 11.6 Å². The lowest BCUT2D eigenvalue weighted by atomic mass is 10.1. The van der Waals surface area contributed by atoms with Gasteiger partial charge in [-0.05, 0) is 74.0 Å². The molecule has 29 heavy (non-hydrogen) atoms. The molecule has 0 atom stereocenters. The third kappa shape index (κ3) is 5.83. The maximum atomic E-state index is 12.3. The molecule has 0 fully saturated rings. The summed E-state index contributed by atoms with van der Waals surface area (Å²) in [5.74, 6) is 0.113. The second kappa shape index (κ2) is 9.26. The monoisotopic (exact) mass is 408 g/mol. The van der Waals surface area contributed by atoms with Crippen LogP contribution in [0.1, 0.15) is 21.5 Å². The number of rotatable bonds is 6. The van der Waals surface area contributed by atoms with Gasteiger partial charge in [0.1, 0.15) is 5.75 Å². The summed E-state index contributed by atoms with van der Waals surface area (Å²) in [6, 6.07) is 19.5. The fourth-order valence-electron chi connectivity index (χ4n) is 2.68. The SMILES string of the molecule is Cc1cccc(C(=O)Nc2ccc(NC(=O)COc3ccc(Cl)c(C)c3)cc2)c1. The standard InChI is InChI=1S/C23H21ClN2O3/c1-15-4-3-5-17(12-15)23(28)26-19-8-6-18(7-9-19)25-22(27)14-29-20-10-11-21(24)16(2)13-20/h3-13H,14H2,1-2H3,(H,25,27)(H,26,28). The highest BCUT2D eigenvalue weighted by atomic mass is 35.5. The van der Waals surface area contributed by atoms with E-state index in [1.807, 2.05) is 32.0 Å². The summed E-state index contributed by atoms with van der Waals surface area (Å²) < 4.78 is 5.48. The maximum absolute atomic E-state index is 12.3. The van der Waals surface area contributed by atoms with Gasteiger partial charge in [0.2, 0.25) is 0 Å². The first-order chi connectivity index (χ1) is 13.9. The van der Waals surface area contributed by atoms with Crippen molar-refractivity contribution in [3.05, 3.63) is 88.4 Å². The van der Waals surface area contributed by atoms with Crippen molar-refractivity contribution < 1.29 is 14.3 Å². The molecule has 6 heteroatoms. The Labute approximate surface area is 174 Å². The number of hydrogen-bond acceptors (Lipinski definition) is 3. The summed E-state index contributed by atoms with van der Waals surface area (Å²) in [5.41, 5.74) is 3.75. The molecule has 0 aliphatic heterocycles. The van der Waals surface area contributed by atoms with Crippen molar-refractivity contribution in [2.24, 2.45) is 0 Å². The zero-order chi connectivity index (χ0) is 20.8. The Balaban J connectivity index is 1.52. The minimum absolute atomic E-state index is 0.118. The highest BCUT2D eigenvalue weighted by Crippen LogP contribution is 2.21. The zero-order valence-electron chi connectivity index (χ0n) is 16.2. The lowest BCUT2D eigenvalue weighted by Crippen LogP contribution is -2.20. The van der Waals surface area contributed by atoms with Crippen molar-refractivity contribution in [2.75, 3.05) is 17.2 Å². The molecule has 0 aromatic heterocycles. The molecule has 0 saturated heterocycles. The van der Waals surface area contributed by atoms with E-state index in [1.54, 1.807) is 48.5 Å². The normalized spacial score (nSPS) is 10.3. The summed E-state index contributed by atoms with van der Waals surface area (Å²) >= 11 is 5.98. The van der Waals surface area contributed by atoms with Crippen LogP contribution in [0.2, 0.25) is 5.02 Å². The van der Waals surface area contributed by atoms with Crippen LogP contribution in [0.15, 0.2) is 66.7 Å². The van der Waals surface area contributed by atoms with Crippen LogP contribution in [0.3, 0.4) is 0 Å². The van der Waals surface area contributed by atoms with Gasteiger partial charge in [0.05, 0.1) is 0 Å². The van der Waals surface area contributed by atoms with Gasteiger partial charge in [0, 0.05) is 22.0 Å². The van der Waals surface area contributed by atoms with Crippen molar-refractivity contribution in [3.63, 3.8) is 0 Å². The average Bonchev–Trinajstić information content (AvgIpc) is 2.70. The number of carbonyl (C=O) groups excluding carboxylic acids is 2. The molecule has 0 unspecified atom stereocenters. The predicted octanol–water partition coefficient (Wildman–Crippen LogP) is 5.23. The molecular formula is C23H21ClN2O3. The Morgan fingerprint density at radius 1 is 0.897 bits per heavy atom. The van der Waals surface area contributed by atoms with E-state index >= 15 is 0 Å². The third-order valence-corrected chi connectivity index (χ3v) is 4.63. The fourth-order valence-corrected chi connectivity index (χ4v) is 2.80. The molecular weight excluding hydrogens is 388 g/mol. The average molecular weight is 409 g/mol. The number of carbonyl (C=O) groups is 2. The smallest absolute Gasteiger partial charge is 0.262 e. The second-order valence-corrected chi connectivity index (χ2v) is 7.06. The Morgan fingerprint density at radius 2 is 1.59 bits per heavy atom. The van der Waals surface area contributed by atoms with Gasteiger partial charge < -0.3 is 15.4 Å². The van der Waals surface area contributed by atoms with Gasteiger partial charge in [-0.15, -0.1) is 0 Å². The van der Waals surface area contributed by atoms with E-state index in [2.05, 4.69) is 10.6 Å². The van der Waals surface area contributed by atoms with Crippen LogP contribution in [0.5, 0.6) is 5.75 Å². The summed E-state index contributed by atoms with van der Waals surface area (Å²) in [6.45, 7) is 3.69. The lowest BCUT2D eigenvalue weighted by molar-refractivity contribution is -0.118. The minimum Gasteiger partial charge on any atom is -0.484 e. The quantitative estimate of drug-likeness (QED) is 0.587. The fraction of sp³-hybridized carbons (Fsp3) is 0.130. The molecule has 3 rings (SSSR count). The minimum atomic E-state index is -0.283. The van der Waals surface area contributed by atoms with E-state index in [0.29, 0.717) is 27.7 Å². The Kier molecular flexibility index (Phi) is 6.52. The molecule has 0 heterocycles. The molecule has 0 bridgehead atoms. The predicted molar refractivity (Wildman–Crippen MR) is 116 cm³/mol. The van der Waals surface area contributed by atoms with E-state index in [0.717, 1.165) is 11.1 Å². The number of benzene rings is 3. The molecule has 0 aliphatic carbocycles. The van der Waals surface area contributed by atoms with Gasteiger partial charge in [0.15, 0.2) is 6.61 Å². The second-order valence-electron chi connectivity index (χ2n) is 6.65. The van der Waals surface area contributed by atoms with Crippen LogP contribution in [-0.4, -0.2) is 18.4 Å². The van der Waals surface area contributed by atoms with Gasteiger partial charge in [-0.2, -0.15) is 0 Å². The molecule has 2 amide bonds. The molecule has 2 N–H and O–H groups in total. The van der Waals surface area contributed by atoms with E-state index in [1.165, 1.54) is 0 Å². The Morgan fingerprint density at radius 3 is 2.24 bits per heavy atom. The molecule has 0 saturated carbocycles. The van der Waals surface area contributed by atoms with Crippen LogP contribution in [0.4, 0.5) is 11.4 Å². The number of amides is 2. The van der Waals surface area contributed by atoms with Crippen molar-refractivity contribution in [2.45, 2.75) is 13.8 Å².